The first-order chi connectivity index (χ1) is 17.1. The van der Waals surface area contributed by atoms with Crippen molar-refractivity contribution < 1.29 is 33.4 Å². The second-order valence-corrected chi connectivity index (χ2v) is 9.52. The molecule has 200 valence electrons. The first-order valence-corrected chi connectivity index (χ1v) is 12.1. The number of hydrogen-bond donors (Lipinski definition) is 3. The standard InChI is InChI=1S/C25H38N4O7/c1-16(2)13-19(21(30)23-28-29(11-12-34-5)25(33)36-23)26-22(31)20(14-17(3)4)27-24(32)35-15-18-9-7-6-8-10-18/h6-10,16-17,19-20,23,28H,11-15H2,1-5H3,(H,26,31)(H,27,32)/t19-,20-,23?/m0/s1. The monoisotopic (exact) mass is 506 g/mol. The summed E-state index contributed by atoms with van der Waals surface area (Å²) in [4.78, 5) is 50.8. The topological polar surface area (TPSA) is 135 Å². The van der Waals surface area contributed by atoms with Gasteiger partial charge in [-0.1, -0.05) is 58.0 Å². The molecule has 3 N–H and O–H groups in total. The Kier molecular flexibility index (Phi) is 11.6. The number of carbonyl (C=O) groups is 4. The highest BCUT2D eigenvalue weighted by molar-refractivity contribution is 5.95. The first-order valence-electron chi connectivity index (χ1n) is 12.1. The van der Waals surface area contributed by atoms with Crippen LogP contribution in [0.5, 0.6) is 0 Å². The van der Waals surface area contributed by atoms with E-state index in [2.05, 4.69) is 16.1 Å². The highest BCUT2D eigenvalue weighted by Crippen LogP contribution is 2.14. The van der Waals surface area contributed by atoms with Crippen molar-refractivity contribution in [2.24, 2.45) is 11.8 Å². The van der Waals surface area contributed by atoms with Gasteiger partial charge in [-0.05, 0) is 30.2 Å². The number of alkyl carbamates (subject to hydrolysis) is 1. The van der Waals surface area contributed by atoms with E-state index in [9.17, 15) is 19.2 Å². The SMILES string of the molecule is COCCN1NC(C(=O)[C@H](CC(C)C)NC(=O)[C@H](CC(C)C)NC(=O)OCc2ccccc2)OC1=O. The summed E-state index contributed by atoms with van der Waals surface area (Å²) in [5.74, 6) is -0.852. The zero-order valence-electron chi connectivity index (χ0n) is 21.6. The fourth-order valence-electron chi connectivity index (χ4n) is 3.63. The molecule has 1 aliphatic heterocycles. The van der Waals surface area contributed by atoms with Gasteiger partial charge in [-0.3, -0.25) is 9.59 Å². The Morgan fingerprint density at radius 3 is 2.28 bits per heavy atom. The highest BCUT2D eigenvalue weighted by atomic mass is 16.6. The molecule has 0 radical (unpaired) electrons. The van der Waals surface area contributed by atoms with Crippen LogP contribution in [0, 0.1) is 11.8 Å². The maximum Gasteiger partial charge on any atom is 0.426 e. The Balaban J connectivity index is 2.04. The van der Waals surface area contributed by atoms with Crippen LogP contribution in [0.2, 0.25) is 0 Å². The summed E-state index contributed by atoms with van der Waals surface area (Å²) in [5, 5.41) is 6.52. The Labute approximate surface area is 212 Å². The molecule has 36 heavy (non-hydrogen) atoms. The summed E-state index contributed by atoms with van der Waals surface area (Å²) in [6, 6.07) is 7.35. The van der Waals surface area contributed by atoms with Crippen LogP contribution in [0.3, 0.4) is 0 Å². The van der Waals surface area contributed by atoms with Crippen LogP contribution in [0.4, 0.5) is 9.59 Å². The van der Waals surface area contributed by atoms with E-state index in [1.54, 1.807) is 0 Å². The third kappa shape index (κ3) is 9.46. The predicted molar refractivity (Wildman–Crippen MR) is 131 cm³/mol. The maximum atomic E-state index is 13.2. The molecule has 1 aromatic rings. The number of cyclic esters (lactones) is 1. The van der Waals surface area contributed by atoms with Gasteiger partial charge in [0.05, 0.1) is 19.2 Å². The summed E-state index contributed by atoms with van der Waals surface area (Å²) in [6.45, 7) is 8.20. The van der Waals surface area contributed by atoms with Crippen LogP contribution in [-0.2, 0) is 30.4 Å². The van der Waals surface area contributed by atoms with Gasteiger partial charge in [0.15, 0.2) is 0 Å². The lowest BCUT2D eigenvalue weighted by Crippen LogP contribution is -2.55. The Morgan fingerprint density at radius 1 is 1.03 bits per heavy atom. The molecule has 1 aromatic carbocycles. The molecular formula is C25H38N4O7. The molecule has 0 saturated carbocycles. The number of amides is 3. The van der Waals surface area contributed by atoms with E-state index in [1.807, 2.05) is 58.0 Å². The van der Waals surface area contributed by atoms with Crippen LogP contribution >= 0.6 is 0 Å². The van der Waals surface area contributed by atoms with Crippen LogP contribution < -0.4 is 16.1 Å². The van der Waals surface area contributed by atoms with Gasteiger partial charge in [0, 0.05) is 7.11 Å². The average molecular weight is 507 g/mol. The number of hydrogen-bond acceptors (Lipinski definition) is 8. The molecular weight excluding hydrogens is 468 g/mol. The van der Waals surface area contributed by atoms with Gasteiger partial charge in [0.2, 0.25) is 17.9 Å². The minimum atomic E-state index is -1.23. The first kappa shape index (κ1) is 29.1. The van der Waals surface area contributed by atoms with Crippen molar-refractivity contribution in [3.05, 3.63) is 35.9 Å². The van der Waals surface area contributed by atoms with E-state index >= 15 is 0 Å². The number of methoxy groups -OCH3 is 1. The molecule has 1 fully saturated rings. The van der Waals surface area contributed by atoms with Crippen LogP contribution in [0.15, 0.2) is 30.3 Å². The second kappa shape index (κ2) is 14.4. The van der Waals surface area contributed by atoms with E-state index in [0.29, 0.717) is 12.8 Å². The third-order valence-corrected chi connectivity index (χ3v) is 5.39. The number of carbonyl (C=O) groups excluding carboxylic acids is 4. The summed E-state index contributed by atoms with van der Waals surface area (Å²) < 4.78 is 15.4. The van der Waals surface area contributed by atoms with E-state index in [4.69, 9.17) is 14.2 Å². The van der Waals surface area contributed by atoms with Crippen molar-refractivity contribution in [3.8, 4) is 0 Å². The molecule has 11 heteroatoms. The Bertz CT molecular complexity index is 878. The van der Waals surface area contributed by atoms with Crippen LogP contribution in [0.25, 0.3) is 0 Å². The molecule has 1 unspecified atom stereocenters. The molecule has 0 aliphatic carbocycles. The van der Waals surface area contributed by atoms with Gasteiger partial charge in [-0.15, -0.1) is 0 Å². The van der Waals surface area contributed by atoms with Crippen molar-refractivity contribution in [2.45, 2.75) is 65.5 Å². The van der Waals surface area contributed by atoms with Crippen molar-refractivity contribution >= 4 is 23.9 Å². The number of ether oxygens (including phenoxy) is 3. The number of ketones is 1. The Morgan fingerprint density at radius 2 is 1.67 bits per heavy atom. The zero-order valence-corrected chi connectivity index (χ0v) is 21.6. The molecule has 3 amide bonds. The normalized spacial score (nSPS) is 17.0. The van der Waals surface area contributed by atoms with E-state index in [-0.39, 0.29) is 31.6 Å². The highest BCUT2D eigenvalue weighted by Gasteiger charge is 2.40. The molecule has 1 saturated heterocycles. The zero-order chi connectivity index (χ0) is 26.7. The van der Waals surface area contributed by atoms with Crippen molar-refractivity contribution in [2.75, 3.05) is 20.3 Å². The molecule has 0 bridgehead atoms. The number of rotatable bonds is 14. The van der Waals surface area contributed by atoms with E-state index in [0.717, 1.165) is 10.6 Å². The van der Waals surface area contributed by atoms with Crippen molar-refractivity contribution in [1.82, 2.24) is 21.1 Å². The predicted octanol–water partition coefficient (Wildman–Crippen LogP) is 2.36. The molecule has 0 spiro atoms. The lowest BCUT2D eigenvalue weighted by molar-refractivity contribution is -0.134. The van der Waals surface area contributed by atoms with Crippen molar-refractivity contribution in [3.63, 3.8) is 0 Å². The van der Waals surface area contributed by atoms with Gasteiger partial charge < -0.3 is 24.8 Å². The summed E-state index contributed by atoms with van der Waals surface area (Å²) >= 11 is 0. The quantitative estimate of drug-likeness (QED) is 0.350. The molecule has 1 aliphatic rings. The number of hydrazine groups is 1. The van der Waals surface area contributed by atoms with Gasteiger partial charge in [0.1, 0.15) is 12.6 Å². The summed E-state index contributed by atoms with van der Waals surface area (Å²) in [7, 11) is 1.50. The number of nitrogens with zero attached hydrogens (tertiary/aromatic N) is 1. The lowest BCUT2D eigenvalue weighted by atomic mass is 9.97. The van der Waals surface area contributed by atoms with Gasteiger partial charge in [-0.25, -0.2) is 14.6 Å². The van der Waals surface area contributed by atoms with E-state index in [1.165, 1.54) is 7.11 Å². The Hall–Kier alpha value is -3.18. The molecule has 1 heterocycles. The van der Waals surface area contributed by atoms with Gasteiger partial charge in [0.25, 0.3) is 0 Å². The molecule has 3 atom stereocenters. The minimum Gasteiger partial charge on any atom is -0.445 e. The fourth-order valence-corrected chi connectivity index (χ4v) is 3.63. The van der Waals surface area contributed by atoms with Crippen LogP contribution in [0.1, 0.15) is 46.1 Å². The van der Waals surface area contributed by atoms with Gasteiger partial charge in [-0.2, -0.15) is 5.43 Å². The molecule has 0 aromatic heterocycles. The number of benzene rings is 1. The molecule has 11 nitrogen and oxygen atoms in total. The fraction of sp³-hybridized carbons (Fsp3) is 0.600. The summed E-state index contributed by atoms with van der Waals surface area (Å²) in [6.07, 6.45) is -1.99. The van der Waals surface area contributed by atoms with E-state index < -0.39 is 42.2 Å². The average Bonchev–Trinajstić information content (AvgIpc) is 3.20. The lowest BCUT2D eigenvalue weighted by Gasteiger charge is -2.25. The smallest absolute Gasteiger partial charge is 0.426 e. The molecule has 2 rings (SSSR count). The van der Waals surface area contributed by atoms with Crippen LogP contribution in [-0.4, -0.2) is 67.5 Å². The number of Topliss-reactive ketones (excluding diaryl/α,β-unsaturated/α-hetero) is 1. The summed E-state index contributed by atoms with van der Waals surface area (Å²) in [5.41, 5.74) is 3.54. The second-order valence-electron chi connectivity index (χ2n) is 9.52. The third-order valence-electron chi connectivity index (χ3n) is 5.39. The number of nitrogens with one attached hydrogen (secondary N) is 3. The van der Waals surface area contributed by atoms with Gasteiger partial charge >= 0.3 is 12.2 Å². The maximum absolute atomic E-state index is 13.2. The van der Waals surface area contributed by atoms with Crippen molar-refractivity contribution in [1.29, 1.82) is 0 Å². The minimum absolute atomic E-state index is 0.0632. The largest absolute Gasteiger partial charge is 0.445 e.